The van der Waals surface area contributed by atoms with Gasteiger partial charge in [0, 0.05) is 25.2 Å². The highest BCUT2D eigenvalue weighted by Gasteiger charge is 2.27. The van der Waals surface area contributed by atoms with E-state index < -0.39 is 16.0 Å². The zero-order valence-corrected chi connectivity index (χ0v) is 21.2. The molecule has 0 unspecified atom stereocenters. The molecule has 1 aliphatic heterocycles. The minimum atomic E-state index is -4.22. The smallest absolute Gasteiger partial charge is 0.340 e. The van der Waals surface area contributed by atoms with Crippen LogP contribution in [-0.4, -0.2) is 66.7 Å². The van der Waals surface area contributed by atoms with E-state index in [1.165, 1.54) is 58.8 Å². The first kappa shape index (κ1) is 26.1. The van der Waals surface area contributed by atoms with Crippen LogP contribution < -0.4 is 18.9 Å². The molecule has 10 nitrogen and oxygen atoms in total. The average Bonchev–Trinajstić information content (AvgIpc) is 2.87. The molecule has 1 saturated heterocycles. The Balaban J connectivity index is 2.01. The molecular weight excluding hydrogens is 476 g/mol. The van der Waals surface area contributed by atoms with Crippen molar-refractivity contribution in [3.8, 4) is 17.2 Å². The lowest BCUT2D eigenvalue weighted by atomic mass is 9.98. The number of methoxy groups -OCH3 is 4. The molecule has 1 fully saturated rings. The Morgan fingerprint density at radius 3 is 2.06 bits per heavy atom. The third-order valence-corrected chi connectivity index (χ3v) is 7.32. The van der Waals surface area contributed by atoms with Gasteiger partial charge in [-0.2, -0.15) is 0 Å². The van der Waals surface area contributed by atoms with Crippen LogP contribution in [0.2, 0.25) is 0 Å². The van der Waals surface area contributed by atoms with E-state index in [0.717, 1.165) is 12.8 Å². The summed E-state index contributed by atoms with van der Waals surface area (Å²) in [6.45, 7) is 3.32. The van der Waals surface area contributed by atoms with Crippen molar-refractivity contribution in [3.63, 3.8) is 0 Å². The number of ether oxygens (including phenoxy) is 4. The van der Waals surface area contributed by atoms with Gasteiger partial charge in [0.05, 0.1) is 50.1 Å². The summed E-state index contributed by atoms with van der Waals surface area (Å²) in [6.07, 6.45) is 1.76. The van der Waals surface area contributed by atoms with Gasteiger partial charge in [-0.1, -0.05) is 6.92 Å². The Bertz CT molecular complexity index is 1200. The number of nitrogens with zero attached hydrogens (tertiary/aromatic N) is 1. The highest BCUT2D eigenvalue weighted by Crippen LogP contribution is 2.35. The number of esters is 1. The van der Waals surface area contributed by atoms with Gasteiger partial charge in [0.2, 0.25) is 0 Å². The molecular formula is C24H30N2O8S. The second-order valence-electron chi connectivity index (χ2n) is 8.19. The summed E-state index contributed by atoms with van der Waals surface area (Å²) < 4.78 is 49.6. The molecule has 2 aromatic carbocycles. The third kappa shape index (κ3) is 5.61. The number of carbonyl (C=O) groups is 2. The predicted molar refractivity (Wildman–Crippen MR) is 129 cm³/mol. The quantitative estimate of drug-likeness (QED) is 0.542. The second kappa shape index (κ2) is 10.9. The number of piperidine rings is 1. The summed E-state index contributed by atoms with van der Waals surface area (Å²) in [4.78, 5) is 27.1. The largest absolute Gasteiger partial charge is 0.496 e. The molecule has 2 aromatic rings. The van der Waals surface area contributed by atoms with E-state index in [9.17, 15) is 18.0 Å². The fraction of sp³-hybridized carbons (Fsp3) is 0.417. The molecule has 0 spiro atoms. The molecule has 3 rings (SSSR count). The Labute approximate surface area is 205 Å². The van der Waals surface area contributed by atoms with Crippen LogP contribution in [0.5, 0.6) is 17.2 Å². The second-order valence-corrected chi connectivity index (χ2v) is 9.87. The van der Waals surface area contributed by atoms with Gasteiger partial charge < -0.3 is 23.8 Å². The van der Waals surface area contributed by atoms with Gasteiger partial charge in [0.1, 0.15) is 5.75 Å². The number of rotatable bonds is 8. The van der Waals surface area contributed by atoms with Gasteiger partial charge in [-0.25, -0.2) is 13.2 Å². The van der Waals surface area contributed by atoms with Crippen molar-refractivity contribution >= 4 is 27.6 Å². The summed E-state index contributed by atoms with van der Waals surface area (Å²) in [5, 5.41) is 0. The van der Waals surface area contributed by atoms with E-state index in [1.54, 1.807) is 4.90 Å². The van der Waals surface area contributed by atoms with Gasteiger partial charge in [0.15, 0.2) is 11.5 Å². The summed E-state index contributed by atoms with van der Waals surface area (Å²) >= 11 is 0. The maximum absolute atomic E-state index is 13.3. The first-order valence-corrected chi connectivity index (χ1v) is 12.5. The Kier molecular flexibility index (Phi) is 8.11. The van der Waals surface area contributed by atoms with Gasteiger partial charge in [-0.15, -0.1) is 0 Å². The molecule has 35 heavy (non-hydrogen) atoms. The lowest BCUT2D eigenvalue weighted by Gasteiger charge is -2.30. The number of hydrogen-bond acceptors (Lipinski definition) is 8. The highest BCUT2D eigenvalue weighted by atomic mass is 32.2. The van der Waals surface area contributed by atoms with Crippen LogP contribution in [-0.2, 0) is 14.8 Å². The number of nitrogens with one attached hydrogen (secondary N) is 1. The number of likely N-dealkylation sites (tertiary alicyclic amines) is 1. The number of carbonyl (C=O) groups excluding carboxylic acids is 2. The number of sulfonamides is 1. The summed E-state index contributed by atoms with van der Waals surface area (Å²) in [6, 6.07) is 6.69. The topological polar surface area (TPSA) is 120 Å². The SMILES string of the molecule is COC(=O)c1cc(OC)c(OC)cc1NS(=O)(=O)c1ccc(OC)c(C(=O)N2CCC(C)CC2)c1. The fourth-order valence-electron chi connectivity index (χ4n) is 3.85. The summed E-state index contributed by atoms with van der Waals surface area (Å²) in [5.74, 6) is 0.170. The van der Waals surface area contributed by atoms with Crippen molar-refractivity contribution in [1.29, 1.82) is 0 Å². The van der Waals surface area contributed by atoms with Crippen LogP contribution >= 0.6 is 0 Å². The van der Waals surface area contributed by atoms with Gasteiger partial charge in [-0.3, -0.25) is 9.52 Å². The van der Waals surface area contributed by atoms with E-state index in [4.69, 9.17) is 18.9 Å². The molecule has 1 N–H and O–H groups in total. The molecule has 0 atom stereocenters. The van der Waals surface area contributed by atoms with E-state index in [2.05, 4.69) is 11.6 Å². The Morgan fingerprint density at radius 2 is 1.49 bits per heavy atom. The monoisotopic (exact) mass is 506 g/mol. The third-order valence-electron chi connectivity index (χ3n) is 5.96. The first-order chi connectivity index (χ1) is 16.6. The van der Waals surface area contributed by atoms with Crippen molar-refractivity contribution in [2.75, 3.05) is 46.3 Å². The number of anilines is 1. The van der Waals surface area contributed by atoms with Crippen LogP contribution in [0.1, 0.15) is 40.5 Å². The van der Waals surface area contributed by atoms with Crippen molar-refractivity contribution < 1.29 is 37.0 Å². The molecule has 0 bridgehead atoms. The average molecular weight is 507 g/mol. The summed E-state index contributed by atoms with van der Waals surface area (Å²) in [7, 11) is 1.15. The minimum absolute atomic E-state index is 0.0665. The molecule has 0 saturated carbocycles. The lowest BCUT2D eigenvalue weighted by Crippen LogP contribution is -2.38. The Morgan fingerprint density at radius 1 is 0.886 bits per heavy atom. The molecule has 1 amide bonds. The van der Waals surface area contributed by atoms with Gasteiger partial charge in [-0.05, 0) is 37.0 Å². The summed E-state index contributed by atoms with van der Waals surface area (Å²) in [5.41, 5.74) is 0.00890. The zero-order valence-electron chi connectivity index (χ0n) is 20.4. The van der Waals surface area contributed by atoms with E-state index in [1.807, 2.05) is 0 Å². The molecule has 11 heteroatoms. The van der Waals surface area contributed by atoms with Crippen LogP contribution in [0.3, 0.4) is 0 Å². The van der Waals surface area contributed by atoms with Crippen LogP contribution in [0.25, 0.3) is 0 Å². The molecule has 1 aliphatic rings. The van der Waals surface area contributed by atoms with Crippen LogP contribution in [0.4, 0.5) is 5.69 Å². The van der Waals surface area contributed by atoms with Crippen molar-refractivity contribution in [2.45, 2.75) is 24.7 Å². The van der Waals surface area contributed by atoms with Gasteiger partial charge in [0.25, 0.3) is 15.9 Å². The van der Waals surface area contributed by atoms with Gasteiger partial charge >= 0.3 is 5.97 Å². The fourth-order valence-corrected chi connectivity index (χ4v) is 4.95. The Hall–Kier alpha value is -3.47. The maximum atomic E-state index is 13.3. The van der Waals surface area contributed by atoms with Crippen LogP contribution in [0.15, 0.2) is 35.2 Å². The van der Waals surface area contributed by atoms with Crippen molar-refractivity contribution in [2.24, 2.45) is 5.92 Å². The zero-order chi connectivity index (χ0) is 25.8. The van der Waals surface area contributed by atoms with E-state index in [0.29, 0.717) is 19.0 Å². The number of benzene rings is 2. The normalized spacial score (nSPS) is 14.3. The predicted octanol–water partition coefficient (Wildman–Crippen LogP) is 3.17. The number of amides is 1. The van der Waals surface area contributed by atoms with Crippen molar-refractivity contribution in [1.82, 2.24) is 4.90 Å². The maximum Gasteiger partial charge on any atom is 0.340 e. The minimum Gasteiger partial charge on any atom is -0.496 e. The highest BCUT2D eigenvalue weighted by molar-refractivity contribution is 7.92. The lowest BCUT2D eigenvalue weighted by molar-refractivity contribution is 0.0600. The molecule has 190 valence electrons. The van der Waals surface area contributed by atoms with Crippen molar-refractivity contribution in [3.05, 3.63) is 41.5 Å². The van der Waals surface area contributed by atoms with Crippen LogP contribution in [0, 0.1) is 5.92 Å². The molecule has 0 radical (unpaired) electrons. The molecule has 0 aromatic heterocycles. The van der Waals surface area contributed by atoms with E-state index >= 15 is 0 Å². The standard InChI is InChI=1S/C24H30N2O8S/c1-15-8-10-26(11-9-15)23(27)18-12-16(6-7-20(18)31-2)35(29,30)25-19-14-22(33-4)21(32-3)13-17(19)24(28)34-5/h6-7,12-15,25H,8-11H2,1-5H3. The first-order valence-electron chi connectivity index (χ1n) is 11.0. The number of hydrogen-bond donors (Lipinski definition) is 1. The molecule has 1 heterocycles. The molecule has 0 aliphatic carbocycles. The van der Waals surface area contributed by atoms with E-state index in [-0.39, 0.29) is 44.9 Å².